The minimum Gasteiger partial charge on any atom is -0.324 e. The molecule has 1 aliphatic heterocycles. The number of nitrogens with zero attached hydrogens (tertiary/aromatic N) is 1. The van der Waals surface area contributed by atoms with Crippen LogP contribution in [0.1, 0.15) is 19.3 Å². The van der Waals surface area contributed by atoms with Gasteiger partial charge < -0.3 is 5.32 Å². The van der Waals surface area contributed by atoms with Gasteiger partial charge in [0.05, 0.1) is 5.69 Å². The van der Waals surface area contributed by atoms with Crippen LogP contribution in [0.15, 0.2) is 22.7 Å². The van der Waals surface area contributed by atoms with Crippen molar-refractivity contribution in [2.24, 2.45) is 0 Å². The molecule has 1 N–H and O–H groups in total. The molecule has 0 aliphatic carbocycles. The molecule has 0 atom stereocenters. The number of hydrogen-bond donors (Lipinski definition) is 1. The SMILES string of the molecule is O=C(CCN1C(=O)CCC1=O)Nc1ccc(Br)cc1F. The van der Waals surface area contributed by atoms with E-state index in [-0.39, 0.29) is 43.3 Å². The molecule has 106 valence electrons. The van der Waals surface area contributed by atoms with Crippen molar-refractivity contribution in [2.75, 3.05) is 11.9 Å². The molecule has 0 radical (unpaired) electrons. The van der Waals surface area contributed by atoms with Gasteiger partial charge in [-0.25, -0.2) is 4.39 Å². The molecule has 1 saturated heterocycles. The molecule has 0 bridgehead atoms. The second-order valence-electron chi connectivity index (χ2n) is 4.36. The Balaban J connectivity index is 1.89. The zero-order valence-corrected chi connectivity index (χ0v) is 12.1. The largest absolute Gasteiger partial charge is 0.324 e. The Bertz CT molecular complexity index is 561. The van der Waals surface area contributed by atoms with Crippen LogP contribution in [-0.4, -0.2) is 29.2 Å². The van der Waals surface area contributed by atoms with Crippen molar-refractivity contribution >= 4 is 39.3 Å². The summed E-state index contributed by atoms with van der Waals surface area (Å²) < 4.78 is 14.1. The number of carbonyl (C=O) groups is 3. The van der Waals surface area contributed by atoms with Crippen molar-refractivity contribution in [2.45, 2.75) is 19.3 Å². The van der Waals surface area contributed by atoms with Crippen LogP contribution >= 0.6 is 15.9 Å². The van der Waals surface area contributed by atoms with Crippen molar-refractivity contribution in [3.8, 4) is 0 Å². The second kappa shape index (κ2) is 6.13. The van der Waals surface area contributed by atoms with Crippen molar-refractivity contribution in [1.29, 1.82) is 0 Å². The number of anilines is 1. The lowest BCUT2D eigenvalue weighted by Gasteiger charge is -2.13. The van der Waals surface area contributed by atoms with Crippen LogP contribution in [0.4, 0.5) is 10.1 Å². The van der Waals surface area contributed by atoms with E-state index in [2.05, 4.69) is 21.2 Å². The molecular weight excluding hydrogens is 331 g/mol. The van der Waals surface area contributed by atoms with Gasteiger partial charge in [0.15, 0.2) is 0 Å². The first-order valence-corrected chi connectivity index (χ1v) is 6.85. The smallest absolute Gasteiger partial charge is 0.229 e. The van der Waals surface area contributed by atoms with Crippen LogP contribution < -0.4 is 5.32 Å². The zero-order valence-electron chi connectivity index (χ0n) is 10.5. The average Bonchev–Trinajstić information content (AvgIpc) is 2.70. The number of imide groups is 1. The summed E-state index contributed by atoms with van der Waals surface area (Å²) in [5.41, 5.74) is 0.0669. The molecule has 0 aromatic heterocycles. The quantitative estimate of drug-likeness (QED) is 0.851. The zero-order chi connectivity index (χ0) is 14.7. The van der Waals surface area contributed by atoms with Crippen molar-refractivity contribution in [3.05, 3.63) is 28.5 Å². The summed E-state index contributed by atoms with van der Waals surface area (Å²) in [5.74, 6) is -1.53. The van der Waals surface area contributed by atoms with Crippen LogP contribution in [0.5, 0.6) is 0 Å². The van der Waals surface area contributed by atoms with Crippen molar-refractivity contribution < 1.29 is 18.8 Å². The lowest BCUT2D eigenvalue weighted by atomic mass is 10.3. The highest BCUT2D eigenvalue weighted by atomic mass is 79.9. The van der Waals surface area contributed by atoms with E-state index >= 15 is 0 Å². The van der Waals surface area contributed by atoms with Gasteiger partial charge in [0, 0.05) is 30.3 Å². The second-order valence-corrected chi connectivity index (χ2v) is 5.28. The third kappa shape index (κ3) is 3.41. The lowest BCUT2D eigenvalue weighted by molar-refractivity contribution is -0.138. The monoisotopic (exact) mass is 342 g/mol. The maximum Gasteiger partial charge on any atom is 0.229 e. The highest BCUT2D eigenvalue weighted by molar-refractivity contribution is 9.10. The standard InChI is InChI=1S/C13H12BrFN2O3/c14-8-1-2-10(9(15)7-8)16-11(18)5-6-17-12(19)3-4-13(17)20/h1-2,7H,3-6H2,(H,16,18). The molecule has 7 heteroatoms. The van der Waals surface area contributed by atoms with Crippen molar-refractivity contribution in [1.82, 2.24) is 4.90 Å². The predicted molar refractivity (Wildman–Crippen MR) is 73.3 cm³/mol. The average molecular weight is 343 g/mol. The minimum atomic E-state index is -0.555. The summed E-state index contributed by atoms with van der Waals surface area (Å²) in [6.07, 6.45) is 0.344. The van der Waals surface area contributed by atoms with Gasteiger partial charge in [0.1, 0.15) is 5.82 Å². The molecule has 1 aliphatic rings. The Morgan fingerprint density at radius 1 is 1.30 bits per heavy atom. The third-order valence-corrected chi connectivity index (χ3v) is 3.42. The molecule has 20 heavy (non-hydrogen) atoms. The van der Waals surface area contributed by atoms with Gasteiger partial charge in [0.25, 0.3) is 0 Å². The first-order chi connectivity index (χ1) is 9.47. The van der Waals surface area contributed by atoms with Crippen LogP contribution in [0.25, 0.3) is 0 Å². The topological polar surface area (TPSA) is 66.5 Å². The van der Waals surface area contributed by atoms with Gasteiger partial charge in [0.2, 0.25) is 17.7 Å². The maximum atomic E-state index is 13.5. The molecule has 1 aromatic carbocycles. The molecule has 2 rings (SSSR count). The number of halogens is 2. The van der Waals surface area contributed by atoms with Crippen LogP contribution in [0, 0.1) is 5.82 Å². The highest BCUT2D eigenvalue weighted by Crippen LogP contribution is 2.19. The molecule has 1 fully saturated rings. The van der Waals surface area contributed by atoms with Crippen LogP contribution in [0.2, 0.25) is 0 Å². The Labute approximate surface area is 123 Å². The van der Waals surface area contributed by atoms with Crippen LogP contribution in [0.3, 0.4) is 0 Å². The predicted octanol–water partition coefficient (Wildman–Crippen LogP) is 2.07. The molecule has 5 nitrogen and oxygen atoms in total. The molecule has 3 amide bonds. The van der Waals surface area contributed by atoms with Crippen LogP contribution in [-0.2, 0) is 14.4 Å². The maximum absolute atomic E-state index is 13.5. The van der Waals surface area contributed by atoms with E-state index in [1.54, 1.807) is 6.07 Å². The number of likely N-dealkylation sites (tertiary alicyclic amines) is 1. The Morgan fingerprint density at radius 2 is 1.95 bits per heavy atom. The van der Waals surface area contributed by atoms with E-state index in [4.69, 9.17) is 0 Å². The minimum absolute atomic E-state index is 0.0294. The summed E-state index contributed by atoms with van der Waals surface area (Å²) in [4.78, 5) is 35.5. The fourth-order valence-corrected chi connectivity index (χ4v) is 2.22. The fourth-order valence-electron chi connectivity index (χ4n) is 1.89. The van der Waals surface area contributed by atoms with Gasteiger partial charge in [-0.05, 0) is 18.2 Å². The fraction of sp³-hybridized carbons (Fsp3) is 0.308. The van der Waals surface area contributed by atoms with Gasteiger partial charge in [-0.15, -0.1) is 0 Å². The summed E-state index contributed by atoms with van der Waals surface area (Å²) in [6, 6.07) is 4.28. The summed E-state index contributed by atoms with van der Waals surface area (Å²) in [7, 11) is 0. The molecular formula is C13H12BrFN2O3. The Hall–Kier alpha value is -1.76. The normalized spacial score (nSPS) is 14.8. The Morgan fingerprint density at radius 3 is 2.55 bits per heavy atom. The highest BCUT2D eigenvalue weighted by Gasteiger charge is 2.28. The first kappa shape index (κ1) is 14.6. The van der Waals surface area contributed by atoms with E-state index in [0.717, 1.165) is 4.90 Å². The number of benzene rings is 1. The summed E-state index contributed by atoms with van der Waals surface area (Å²) >= 11 is 3.12. The van der Waals surface area contributed by atoms with E-state index in [1.165, 1.54) is 12.1 Å². The lowest BCUT2D eigenvalue weighted by Crippen LogP contribution is -2.32. The third-order valence-electron chi connectivity index (χ3n) is 2.92. The summed E-state index contributed by atoms with van der Waals surface area (Å²) in [5, 5.41) is 2.41. The van der Waals surface area contributed by atoms with Crippen molar-refractivity contribution in [3.63, 3.8) is 0 Å². The van der Waals surface area contributed by atoms with Gasteiger partial charge in [-0.2, -0.15) is 0 Å². The number of amides is 3. The molecule has 0 unspecified atom stereocenters. The molecule has 1 aromatic rings. The van der Waals surface area contributed by atoms with Gasteiger partial charge in [-0.1, -0.05) is 15.9 Å². The molecule has 1 heterocycles. The van der Waals surface area contributed by atoms with E-state index < -0.39 is 11.7 Å². The van der Waals surface area contributed by atoms with Gasteiger partial charge >= 0.3 is 0 Å². The number of rotatable bonds is 4. The Kier molecular flexibility index (Phi) is 4.49. The number of hydrogen-bond acceptors (Lipinski definition) is 3. The molecule has 0 saturated carbocycles. The number of nitrogens with one attached hydrogen (secondary N) is 1. The van der Waals surface area contributed by atoms with E-state index in [1.807, 2.05) is 0 Å². The molecule has 0 spiro atoms. The number of carbonyl (C=O) groups excluding carboxylic acids is 3. The first-order valence-electron chi connectivity index (χ1n) is 6.05. The van der Waals surface area contributed by atoms with E-state index in [0.29, 0.717) is 4.47 Å². The summed E-state index contributed by atoms with van der Waals surface area (Å²) in [6.45, 7) is 0.0294. The van der Waals surface area contributed by atoms with E-state index in [9.17, 15) is 18.8 Å². The van der Waals surface area contributed by atoms with Gasteiger partial charge in [-0.3, -0.25) is 19.3 Å².